The molecule has 1 aromatic carbocycles. The van der Waals surface area contributed by atoms with Crippen molar-refractivity contribution in [3.63, 3.8) is 0 Å². The fourth-order valence-corrected chi connectivity index (χ4v) is 4.37. The highest BCUT2D eigenvalue weighted by molar-refractivity contribution is 7.98. The Bertz CT molecular complexity index is 946. The van der Waals surface area contributed by atoms with Gasteiger partial charge in [-0.05, 0) is 42.7 Å². The maximum Gasteiger partial charge on any atom is 0.263 e. The molecule has 0 bridgehead atoms. The third-order valence-corrected chi connectivity index (χ3v) is 6.06. The molecular formula is C18H20N4O3S2. The van der Waals surface area contributed by atoms with E-state index < -0.39 is 16.1 Å². The van der Waals surface area contributed by atoms with Crippen LogP contribution >= 0.6 is 11.8 Å². The minimum atomic E-state index is -3.63. The first-order chi connectivity index (χ1) is 13.0. The van der Waals surface area contributed by atoms with Crippen molar-refractivity contribution in [2.24, 2.45) is 4.99 Å². The lowest BCUT2D eigenvalue weighted by Crippen LogP contribution is -2.35. The second-order valence-electron chi connectivity index (χ2n) is 5.92. The van der Waals surface area contributed by atoms with Crippen LogP contribution in [0.25, 0.3) is 0 Å². The van der Waals surface area contributed by atoms with Crippen LogP contribution < -0.4 is 10.0 Å². The highest BCUT2D eigenvalue weighted by Gasteiger charge is 2.31. The van der Waals surface area contributed by atoms with Gasteiger partial charge in [0, 0.05) is 11.8 Å². The van der Waals surface area contributed by atoms with Gasteiger partial charge in [0.05, 0.1) is 17.1 Å². The number of amidine groups is 1. The molecule has 3 rings (SSSR count). The van der Waals surface area contributed by atoms with Crippen molar-refractivity contribution in [2.75, 3.05) is 12.0 Å². The van der Waals surface area contributed by atoms with Gasteiger partial charge in [0.2, 0.25) is 5.91 Å². The Morgan fingerprint density at radius 1 is 1.26 bits per heavy atom. The van der Waals surface area contributed by atoms with Gasteiger partial charge >= 0.3 is 0 Å². The van der Waals surface area contributed by atoms with Gasteiger partial charge in [0.1, 0.15) is 11.9 Å². The lowest BCUT2D eigenvalue weighted by Gasteiger charge is -2.13. The maximum absolute atomic E-state index is 12.7. The summed E-state index contributed by atoms with van der Waals surface area (Å²) in [6.45, 7) is 0.294. The molecule has 0 fully saturated rings. The van der Waals surface area contributed by atoms with Crippen LogP contribution in [-0.4, -0.2) is 43.2 Å². The van der Waals surface area contributed by atoms with Crippen LogP contribution in [0.2, 0.25) is 0 Å². The first-order valence-electron chi connectivity index (χ1n) is 8.38. The fraction of sp³-hybridized carbons (Fsp3) is 0.278. The van der Waals surface area contributed by atoms with E-state index in [0.717, 1.165) is 11.4 Å². The van der Waals surface area contributed by atoms with Crippen LogP contribution in [0.1, 0.15) is 17.7 Å². The number of benzene rings is 1. The van der Waals surface area contributed by atoms with E-state index in [1.165, 1.54) is 6.07 Å². The zero-order valence-electron chi connectivity index (χ0n) is 14.8. The predicted octanol–water partition coefficient (Wildman–Crippen LogP) is 1.56. The fourth-order valence-electron chi connectivity index (χ4n) is 2.67. The highest BCUT2D eigenvalue weighted by atomic mass is 32.2. The molecule has 2 aromatic rings. The van der Waals surface area contributed by atoms with E-state index in [9.17, 15) is 13.2 Å². The lowest BCUT2D eigenvalue weighted by atomic mass is 10.2. The van der Waals surface area contributed by atoms with Crippen LogP contribution in [0.3, 0.4) is 0 Å². The SMILES string of the molecule is CSCCC(N=C1NS(=O)(=O)c2ccccc21)C(=O)NCc1ccccn1. The quantitative estimate of drug-likeness (QED) is 0.729. The van der Waals surface area contributed by atoms with Crippen molar-refractivity contribution in [1.82, 2.24) is 15.0 Å². The van der Waals surface area contributed by atoms with Gasteiger partial charge in [-0.3, -0.25) is 19.5 Å². The monoisotopic (exact) mass is 404 g/mol. The summed E-state index contributed by atoms with van der Waals surface area (Å²) in [5, 5.41) is 2.83. The summed E-state index contributed by atoms with van der Waals surface area (Å²) >= 11 is 1.60. The second kappa shape index (κ2) is 8.53. The minimum Gasteiger partial charge on any atom is -0.349 e. The van der Waals surface area contributed by atoms with Gasteiger partial charge in [-0.25, -0.2) is 8.42 Å². The number of amides is 1. The summed E-state index contributed by atoms with van der Waals surface area (Å²) in [6.07, 6.45) is 4.11. The van der Waals surface area contributed by atoms with Gasteiger partial charge in [-0.1, -0.05) is 18.2 Å². The molecule has 1 aliphatic rings. The van der Waals surface area contributed by atoms with Crippen molar-refractivity contribution in [3.05, 3.63) is 59.9 Å². The third kappa shape index (κ3) is 4.67. The molecule has 0 saturated heterocycles. The number of fused-ring (bicyclic) bond motifs is 1. The number of hydrogen-bond acceptors (Lipinski definition) is 6. The number of aliphatic imine (C=N–C) groups is 1. The molecule has 2 N–H and O–H groups in total. The molecule has 7 nitrogen and oxygen atoms in total. The number of thioether (sulfide) groups is 1. The molecule has 2 heterocycles. The largest absolute Gasteiger partial charge is 0.349 e. The molecule has 0 spiro atoms. The summed E-state index contributed by atoms with van der Waals surface area (Å²) in [6, 6.07) is 11.4. The smallest absolute Gasteiger partial charge is 0.263 e. The molecule has 1 aliphatic heterocycles. The van der Waals surface area contributed by atoms with Gasteiger partial charge < -0.3 is 5.32 Å². The Hall–Kier alpha value is -2.39. The van der Waals surface area contributed by atoms with E-state index in [2.05, 4.69) is 20.0 Å². The average molecular weight is 405 g/mol. The molecule has 0 saturated carbocycles. The molecular weight excluding hydrogens is 384 g/mol. The summed E-state index contributed by atoms with van der Waals surface area (Å²) in [4.78, 5) is 21.5. The van der Waals surface area contributed by atoms with Gasteiger partial charge in [-0.15, -0.1) is 0 Å². The van der Waals surface area contributed by atoms with E-state index in [-0.39, 0.29) is 16.6 Å². The molecule has 9 heteroatoms. The molecule has 1 aromatic heterocycles. The minimum absolute atomic E-state index is 0.182. The Morgan fingerprint density at radius 2 is 2.04 bits per heavy atom. The van der Waals surface area contributed by atoms with Crippen LogP contribution in [0.4, 0.5) is 0 Å². The molecule has 27 heavy (non-hydrogen) atoms. The Morgan fingerprint density at radius 3 is 2.78 bits per heavy atom. The lowest BCUT2D eigenvalue weighted by molar-refractivity contribution is -0.122. The number of rotatable bonds is 7. The molecule has 1 unspecified atom stereocenters. The van der Waals surface area contributed by atoms with E-state index in [1.807, 2.05) is 24.5 Å². The number of hydrogen-bond donors (Lipinski definition) is 2. The van der Waals surface area contributed by atoms with Crippen molar-refractivity contribution >= 4 is 33.5 Å². The highest BCUT2D eigenvalue weighted by Crippen LogP contribution is 2.23. The van der Waals surface area contributed by atoms with E-state index in [1.54, 1.807) is 36.2 Å². The summed E-state index contributed by atoms with van der Waals surface area (Å²) < 4.78 is 26.9. The first-order valence-corrected chi connectivity index (χ1v) is 11.3. The van der Waals surface area contributed by atoms with Crippen LogP contribution in [0.5, 0.6) is 0 Å². The van der Waals surface area contributed by atoms with Gasteiger partial charge in [0.15, 0.2) is 0 Å². The van der Waals surface area contributed by atoms with Crippen molar-refractivity contribution in [2.45, 2.75) is 23.9 Å². The van der Waals surface area contributed by atoms with E-state index >= 15 is 0 Å². The second-order valence-corrected chi connectivity index (χ2v) is 8.55. The zero-order valence-corrected chi connectivity index (χ0v) is 16.4. The summed E-state index contributed by atoms with van der Waals surface area (Å²) in [5.74, 6) is 0.683. The van der Waals surface area contributed by atoms with Crippen molar-refractivity contribution in [1.29, 1.82) is 0 Å². The van der Waals surface area contributed by atoms with Gasteiger partial charge in [-0.2, -0.15) is 11.8 Å². The molecule has 1 atom stereocenters. The standard InChI is InChI=1S/C18H20N4O3S2/c1-26-11-9-15(18(23)20-12-13-6-4-5-10-19-13)21-17-14-7-2-3-8-16(14)27(24,25)22-17/h2-8,10,15H,9,11-12H2,1H3,(H,20,23)(H,21,22). The molecule has 1 amide bonds. The normalized spacial score (nSPS) is 17.1. The molecule has 142 valence electrons. The number of carbonyl (C=O) groups is 1. The predicted molar refractivity (Wildman–Crippen MR) is 106 cm³/mol. The van der Waals surface area contributed by atoms with Crippen LogP contribution in [0.15, 0.2) is 58.5 Å². The zero-order chi connectivity index (χ0) is 19.3. The number of nitrogens with zero attached hydrogens (tertiary/aromatic N) is 2. The van der Waals surface area contributed by atoms with Gasteiger partial charge in [0.25, 0.3) is 10.0 Å². The summed E-state index contributed by atoms with van der Waals surface area (Å²) in [7, 11) is -3.63. The first kappa shape index (κ1) is 19.4. The number of pyridine rings is 1. The summed E-state index contributed by atoms with van der Waals surface area (Å²) in [5.41, 5.74) is 1.23. The number of sulfonamides is 1. The number of nitrogens with one attached hydrogen (secondary N) is 2. The van der Waals surface area contributed by atoms with E-state index in [0.29, 0.717) is 18.5 Å². The van der Waals surface area contributed by atoms with Crippen LogP contribution in [-0.2, 0) is 21.4 Å². The van der Waals surface area contributed by atoms with Crippen molar-refractivity contribution in [3.8, 4) is 0 Å². The van der Waals surface area contributed by atoms with Crippen molar-refractivity contribution < 1.29 is 13.2 Å². The maximum atomic E-state index is 12.7. The number of aromatic nitrogens is 1. The Balaban J connectivity index is 1.81. The Kier molecular flexibility index (Phi) is 6.12. The molecule has 0 radical (unpaired) electrons. The van der Waals surface area contributed by atoms with E-state index in [4.69, 9.17) is 0 Å². The topological polar surface area (TPSA) is 101 Å². The average Bonchev–Trinajstić information content (AvgIpc) is 2.94. The Labute approximate surface area is 162 Å². The third-order valence-electron chi connectivity index (χ3n) is 4.02. The van der Waals surface area contributed by atoms with Crippen LogP contribution in [0, 0.1) is 0 Å². The number of carbonyl (C=O) groups excluding carboxylic acids is 1. The molecule has 0 aliphatic carbocycles.